The van der Waals surface area contributed by atoms with Gasteiger partial charge < -0.3 is 0 Å². The van der Waals surface area contributed by atoms with Gasteiger partial charge in [0.15, 0.2) is 11.3 Å². The standard InChI is InChI=1S/C13H6ClF3N3/c14-9-7-18-20-11(13(15,16)17)6-10(19-12(9)20)8-4-2-1-3-5-8/h1-6H. The molecule has 3 nitrogen and oxygen atoms in total. The van der Waals surface area contributed by atoms with E-state index in [4.69, 9.17) is 11.6 Å². The molecule has 0 saturated carbocycles. The molecule has 7 heteroatoms. The van der Waals surface area contributed by atoms with Crippen LogP contribution >= 0.6 is 11.6 Å². The van der Waals surface area contributed by atoms with Crippen LogP contribution in [0.4, 0.5) is 13.2 Å². The van der Waals surface area contributed by atoms with E-state index in [1.165, 1.54) is 0 Å². The average Bonchev–Trinajstić information content (AvgIpc) is 2.79. The van der Waals surface area contributed by atoms with Crippen LogP contribution in [-0.4, -0.2) is 14.6 Å². The zero-order valence-corrected chi connectivity index (χ0v) is 10.6. The predicted molar refractivity (Wildman–Crippen MR) is 67.3 cm³/mol. The molecule has 0 fully saturated rings. The van der Waals surface area contributed by atoms with Gasteiger partial charge in [0, 0.05) is 5.56 Å². The summed E-state index contributed by atoms with van der Waals surface area (Å²) in [6, 6.07) is 9.50. The minimum atomic E-state index is -4.56. The Labute approximate surface area is 116 Å². The lowest BCUT2D eigenvalue weighted by Crippen LogP contribution is -2.13. The van der Waals surface area contributed by atoms with Crippen LogP contribution in [0.1, 0.15) is 5.69 Å². The summed E-state index contributed by atoms with van der Waals surface area (Å²) in [4.78, 5) is 4.12. The summed E-state index contributed by atoms with van der Waals surface area (Å²) in [5.41, 5.74) is -0.260. The van der Waals surface area contributed by atoms with Crippen molar-refractivity contribution < 1.29 is 13.2 Å². The van der Waals surface area contributed by atoms with E-state index in [1.54, 1.807) is 30.3 Å². The van der Waals surface area contributed by atoms with Crippen LogP contribution in [0, 0.1) is 6.20 Å². The third-order valence-corrected chi connectivity index (χ3v) is 2.99. The van der Waals surface area contributed by atoms with E-state index >= 15 is 0 Å². The molecule has 0 aliphatic rings. The topological polar surface area (TPSA) is 30.2 Å². The van der Waals surface area contributed by atoms with Crippen molar-refractivity contribution in [1.29, 1.82) is 0 Å². The number of fused-ring (bicyclic) bond motifs is 1. The molecule has 2 heterocycles. The highest BCUT2D eigenvalue weighted by atomic mass is 35.5. The number of aromatic nitrogens is 3. The average molecular weight is 297 g/mol. The summed E-state index contributed by atoms with van der Waals surface area (Å²) < 4.78 is 39.9. The summed E-state index contributed by atoms with van der Waals surface area (Å²) in [6.07, 6.45) is -2.28. The van der Waals surface area contributed by atoms with E-state index in [9.17, 15) is 13.2 Å². The second-order valence-corrected chi connectivity index (χ2v) is 4.43. The summed E-state index contributed by atoms with van der Waals surface area (Å²) in [5, 5.41) is 3.45. The molecule has 1 aromatic carbocycles. The SMILES string of the molecule is FC(F)(F)c1cc(-c2ccccc2)nc2c(Cl)[c]nn12. The lowest BCUT2D eigenvalue weighted by atomic mass is 10.1. The Balaban J connectivity index is 2.33. The Morgan fingerprint density at radius 3 is 2.50 bits per heavy atom. The maximum Gasteiger partial charge on any atom is 0.433 e. The van der Waals surface area contributed by atoms with Crippen LogP contribution in [0.2, 0.25) is 5.02 Å². The second-order valence-electron chi connectivity index (χ2n) is 4.05. The number of benzene rings is 1. The van der Waals surface area contributed by atoms with Crippen LogP contribution in [0.15, 0.2) is 36.4 Å². The van der Waals surface area contributed by atoms with Gasteiger partial charge in [0.2, 0.25) is 0 Å². The molecule has 20 heavy (non-hydrogen) atoms. The largest absolute Gasteiger partial charge is 0.433 e. The molecule has 0 N–H and O–H groups in total. The maximum atomic E-state index is 13.1. The fourth-order valence-electron chi connectivity index (χ4n) is 1.84. The summed E-state index contributed by atoms with van der Waals surface area (Å²) >= 11 is 5.79. The molecule has 0 unspecified atom stereocenters. The van der Waals surface area contributed by atoms with Gasteiger partial charge in [-0.25, -0.2) is 9.50 Å². The van der Waals surface area contributed by atoms with Gasteiger partial charge in [0.05, 0.1) is 5.69 Å². The van der Waals surface area contributed by atoms with E-state index in [2.05, 4.69) is 16.3 Å². The number of rotatable bonds is 1. The minimum absolute atomic E-state index is 0.0479. The van der Waals surface area contributed by atoms with Crippen LogP contribution in [0.5, 0.6) is 0 Å². The first-order chi connectivity index (χ1) is 9.47. The minimum Gasteiger partial charge on any atom is -0.227 e. The number of hydrogen-bond donors (Lipinski definition) is 0. The Morgan fingerprint density at radius 2 is 1.85 bits per heavy atom. The van der Waals surface area contributed by atoms with E-state index in [-0.39, 0.29) is 16.4 Å². The Hall–Kier alpha value is -2.08. The van der Waals surface area contributed by atoms with Gasteiger partial charge in [-0.1, -0.05) is 41.9 Å². The summed E-state index contributed by atoms with van der Waals surface area (Å²) in [7, 11) is 0. The smallest absolute Gasteiger partial charge is 0.227 e. The van der Waals surface area contributed by atoms with Gasteiger partial charge in [0.1, 0.15) is 11.2 Å². The second kappa shape index (κ2) is 4.49. The van der Waals surface area contributed by atoms with Crippen molar-refractivity contribution in [3.63, 3.8) is 0 Å². The zero-order valence-electron chi connectivity index (χ0n) is 9.82. The molecule has 0 aliphatic carbocycles. The van der Waals surface area contributed by atoms with Crippen LogP contribution in [0.25, 0.3) is 16.9 Å². The Bertz CT molecular complexity index is 766. The highest BCUT2D eigenvalue weighted by Gasteiger charge is 2.35. The van der Waals surface area contributed by atoms with E-state index in [1.807, 2.05) is 0 Å². The molecule has 3 rings (SSSR count). The van der Waals surface area contributed by atoms with Crippen molar-refractivity contribution in [3.05, 3.63) is 53.3 Å². The first-order valence-electron chi connectivity index (χ1n) is 5.56. The lowest BCUT2D eigenvalue weighted by molar-refractivity contribution is -0.142. The third-order valence-electron chi connectivity index (χ3n) is 2.73. The van der Waals surface area contributed by atoms with Crippen molar-refractivity contribution in [3.8, 4) is 11.3 Å². The van der Waals surface area contributed by atoms with Gasteiger partial charge in [-0.2, -0.15) is 18.3 Å². The van der Waals surface area contributed by atoms with Crippen LogP contribution in [-0.2, 0) is 6.18 Å². The van der Waals surface area contributed by atoms with E-state index in [0.29, 0.717) is 10.1 Å². The van der Waals surface area contributed by atoms with E-state index < -0.39 is 11.9 Å². The molecule has 0 spiro atoms. The van der Waals surface area contributed by atoms with E-state index in [0.717, 1.165) is 6.07 Å². The van der Waals surface area contributed by atoms with Crippen molar-refractivity contribution in [1.82, 2.24) is 14.6 Å². The molecule has 2 aromatic heterocycles. The fraction of sp³-hybridized carbons (Fsp3) is 0.0769. The lowest BCUT2D eigenvalue weighted by Gasteiger charge is -2.11. The molecule has 0 aliphatic heterocycles. The van der Waals surface area contributed by atoms with Gasteiger partial charge >= 0.3 is 6.18 Å². The Kier molecular flexibility index (Phi) is 2.90. The van der Waals surface area contributed by atoms with Gasteiger partial charge in [0.25, 0.3) is 0 Å². The molecular formula is C13H6ClF3N3. The normalized spacial score (nSPS) is 12.0. The maximum absolute atomic E-state index is 13.1. The summed E-state index contributed by atoms with van der Waals surface area (Å²) in [5.74, 6) is 0. The van der Waals surface area contributed by atoms with Gasteiger partial charge in [-0.05, 0) is 6.07 Å². The first kappa shape index (κ1) is 12.9. The molecule has 0 atom stereocenters. The van der Waals surface area contributed by atoms with Crippen molar-refractivity contribution in [2.45, 2.75) is 6.18 Å². The molecule has 0 amide bonds. The van der Waals surface area contributed by atoms with Crippen LogP contribution < -0.4 is 0 Å². The molecule has 0 saturated heterocycles. The summed E-state index contributed by atoms with van der Waals surface area (Å²) in [6.45, 7) is 0. The highest BCUT2D eigenvalue weighted by Crippen LogP contribution is 2.33. The number of alkyl halides is 3. The molecule has 0 bridgehead atoms. The third kappa shape index (κ3) is 2.12. The van der Waals surface area contributed by atoms with Crippen molar-refractivity contribution in [2.75, 3.05) is 0 Å². The van der Waals surface area contributed by atoms with Crippen LogP contribution in [0.3, 0.4) is 0 Å². The molecule has 1 radical (unpaired) electrons. The number of hydrogen-bond acceptors (Lipinski definition) is 2. The van der Waals surface area contributed by atoms with Crippen molar-refractivity contribution >= 4 is 17.2 Å². The van der Waals surface area contributed by atoms with Crippen molar-refractivity contribution in [2.24, 2.45) is 0 Å². The molecule has 3 aromatic rings. The fourth-order valence-corrected chi connectivity index (χ4v) is 2.00. The Morgan fingerprint density at radius 1 is 1.15 bits per heavy atom. The number of nitrogens with zero attached hydrogens (tertiary/aromatic N) is 3. The highest BCUT2D eigenvalue weighted by molar-refractivity contribution is 6.33. The van der Waals surface area contributed by atoms with Gasteiger partial charge in [-0.15, -0.1) is 0 Å². The molecular weight excluding hydrogens is 291 g/mol. The van der Waals surface area contributed by atoms with Gasteiger partial charge in [-0.3, -0.25) is 0 Å². The number of halogens is 4. The first-order valence-corrected chi connectivity index (χ1v) is 5.94. The predicted octanol–water partition coefficient (Wildman–Crippen LogP) is 3.87. The zero-order chi connectivity index (χ0) is 14.3. The monoisotopic (exact) mass is 296 g/mol. The molecule has 101 valence electrons. The quantitative estimate of drug-likeness (QED) is 0.682.